The molecule has 0 unspecified atom stereocenters. The van der Waals surface area contributed by atoms with Crippen LogP contribution in [0.2, 0.25) is 5.02 Å². The number of anilines is 2. The summed E-state index contributed by atoms with van der Waals surface area (Å²) in [6.07, 6.45) is 0. The molecule has 1 saturated heterocycles. The molecule has 6 nitrogen and oxygen atoms in total. The molecule has 0 aliphatic carbocycles. The number of carbonyl (C=O) groups excluding carboxylic acids is 1. The van der Waals surface area contributed by atoms with Gasteiger partial charge in [-0.2, -0.15) is 0 Å². The lowest BCUT2D eigenvalue weighted by Gasteiger charge is -2.31. The van der Waals surface area contributed by atoms with E-state index >= 15 is 0 Å². The topological polar surface area (TPSA) is 63.7 Å². The number of morpholine rings is 1. The van der Waals surface area contributed by atoms with Crippen molar-refractivity contribution >= 4 is 28.9 Å². The van der Waals surface area contributed by atoms with Crippen molar-refractivity contribution in [2.24, 2.45) is 0 Å². The summed E-state index contributed by atoms with van der Waals surface area (Å²) in [6.45, 7) is 6.87. The molecule has 1 aliphatic rings. The smallest absolute Gasteiger partial charge is 0.261 e. The summed E-state index contributed by atoms with van der Waals surface area (Å²) < 4.78 is 10.9. The largest absolute Gasteiger partial charge is 0.477 e. The Morgan fingerprint density at radius 2 is 2.08 bits per heavy atom. The number of carbonyl (C=O) groups is 1. The molecular weight excluding hydrogens is 354 g/mol. The van der Waals surface area contributed by atoms with E-state index in [1.807, 2.05) is 32.0 Å². The fourth-order valence-electron chi connectivity index (χ4n) is 2.87. The maximum Gasteiger partial charge on any atom is 0.261 e. The molecule has 0 radical (unpaired) electrons. The van der Waals surface area contributed by atoms with E-state index < -0.39 is 0 Å². The van der Waals surface area contributed by atoms with E-state index in [9.17, 15) is 4.79 Å². The normalized spacial score (nSPS) is 14.2. The van der Waals surface area contributed by atoms with Crippen LogP contribution in [0, 0.1) is 6.92 Å². The van der Waals surface area contributed by atoms with Gasteiger partial charge in [-0.15, -0.1) is 0 Å². The van der Waals surface area contributed by atoms with Gasteiger partial charge in [0.15, 0.2) is 0 Å². The molecule has 1 aliphatic heterocycles. The van der Waals surface area contributed by atoms with Crippen molar-refractivity contribution in [2.75, 3.05) is 43.1 Å². The zero-order valence-corrected chi connectivity index (χ0v) is 15.7. The van der Waals surface area contributed by atoms with Crippen LogP contribution in [0.5, 0.6) is 5.88 Å². The predicted molar refractivity (Wildman–Crippen MR) is 103 cm³/mol. The van der Waals surface area contributed by atoms with E-state index in [0.717, 1.165) is 24.5 Å². The molecular formula is C19H22ClN3O3. The van der Waals surface area contributed by atoms with E-state index in [-0.39, 0.29) is 5.91 Å². The number of aromatic nitrogens is 1. The molecule has 3 rings (SSSR count). The van der Waals surface area contributed by atoms with Gasteiger partial charge in [-0.3, -0.25) is 4.79 Å². The van der Waals surface area contributed by atoms with Crippen LogP contribution < -0.4 is 15.0 Å². The summed E-state index contributed by atoms with van der Waals surface area (Å²) in [5.41, 5.74) is 2.66. The van der Waals surface area contributed by atoms with Gasteiger partial charge in [0.25, 0.3) is 5.91 Å². The second kappa shape index (κ2) is 8.38. The average Bonchev–Trinajstić information content (AvgIpc) is 2.63. The molecule has 0 bridgehead atoms. The maximum absolute atomic E-state index is 12.8. The molecule has 1 amide bonds. The minimum atomic E-state index is -0.280. The molecule has 1 aromatic carbocycles. The number of rotatable bonds is 5. The van der Waals surface area contributed by atoms with Crippen LogP contribution in [0.25, 0.3) is 0 Å². The number of ether oxygens (including phenoxy) is 2. The standard InChI is InChI=1S/C19H22ClN3O3/c1-3-26-19-14(8-7-13(2)21-19)18(24)22-16-6-4-5-15(20)17(16)23-9-11-25-12-10-23/h4-8H,3,9-12H2,1-2H3,(H,22,24). The number of halogens is 1. The molecule has 1 fully saturated rings. The summed E-state index contributed by atoms with van der Waals surface area (Å²) in [5.74, 6) is 0.0534. The summed E-state index contributed by atoms with van der Waals surface area (Å²) in [6, 6.07) is 9.00. The summed E-state index contributed by atoms with van der Waals surface area (Å²) in [4.78, 5) is 19.3. The van der Waals surface area contributed by atoms with E-state index in [0.29, 0.717) is 42.0 Å². The van der Waals surface area contributed by atoms with Crippen molar-refractivity contribution in [3.8, 4) is 5.88 Å². The lowest BCUT2D eigenvalue weighted by atomic mass is 10.2. The Labute approximate surface area is 158 Å². The van der Waals surface area contributed by atoms with E-state index in [1.54, 1.807) is 12.1 Å². The van der Waals surface area contributed by atoms with Crippen molar-refractivity contribution in [1.82, 2.24) is 4.98 Å². The highest BCUT2D eigenvalue weighted by molar-refractivity contribution is 6.34. The summed E-state index contributed by atoms with van der Waals surface area (Å²) in [5, 5.41) is 3.55. The molecule has 138 valence electrons. The highest BCUT2D eigenvalue weighted by atomic mass is 35.5. The number of benzene rings is 1. The lowest BCUT2D eigenvalue weighted by Crippen LogP contribution is -2.37. The summed E-state index contributed by atoms with van der Waals surface area (Å²) >= 11 is 6.42. The highest BCUT2D eigenvalue weighted by Crippen LogP contribution is 2.35. The van der Waals surface area contributed by atoms with Crippen molar-refractivity contribution < 1.29 is 14.3 Å². The van der Waals surface area contributed by atoms with Gasteiger partial charge in [0.1, 0.15) is 5.56 Å². The van der Waals surface area contributed by atoms with Crippen LogP contribution in [-0.4, -0.2) is 43.8 Å². The van der Waals surface area contributed by atoms with Crippen LogP contribution >= 0.6 is 11.6 Å². The van der Waals surface area contributed by atoms with Crippen LogP contribution in [-0.2, 0) is 4.74 Å². The molecule has 1 aromatic heterocycles. The number of para-hydroxylation sites is 1. The quantitative estimate of drug-likeness (QED) is 0.866. The minimum absolute atomic E-state index is 0.280. The Bertz CT molecular complexity index is 792. The van der Waals surface area contributed by atoms with Crippen molar-refractivity contribution in [1.29, 1.82) is 0 Å². The van der Waals surface area contributed by atoms with Crippen LogP contribution in [0.3, 0.4) is 0 Å². The Balaban J connectivity index is 1.89. The van der Waals surface area contributed by atoms with Crippen LogP contribution in [0.4, 0.5) is 11.4 Å². The first-order chi connectivity index (χ1) is 12.6. The lowest BCUT2D eigenvalue weighted by molar-refractivity contribution is 0.102. The molecule has 2 heterocycles. The fourth-order valence-corrected chi connectivity index (χ4v) is 3.16. The number of amides is 1. The van der Waals surface area contributed by atoms with Crippen molar-refractivity contribution in [3.05, 3.63) is 46.6 Å². The third-order valence-corrected chi connectivity index (χ3v) is 4.39. The van der Waals surface area contributed by atoms with Gasteiger partial charge in [-0.25, -0.2) is 4.98 Å². The van der Waals surface area contributed by atoms with Gasteiger partial charge < -0.3 is 19.7 Å². The van der Waals surface area contributed by atoms with Gasteiger partial charge in [0.2, 0.25) is 5.88 Å². The Morgan fingerprint density at radius 3 is 2.81 bits per heavy atom. The Morgan fingerprint density at radius 1 is 1.31 bits per heavy atom. The molecule has 7 heteroatoms. The zero-order chi connectivity index (χ0) is 18.5. The second-order valence-electron chi connectivity index (χ2n) is 5.93. The first kappa shape index (κ1) is 18.5. The zero-order valence-electron chi connectivity index (χ0n) is 14.9. The predicted octanol–water partition coefficient (Wildman–Crippen LogP) is 3.53. The van der Waals surface area contributed by atoms with Crippen molar-refractivity contribution in [3.63, 3.8) is 0 Å². The monoisotopic (exact) mass is 375 g/mol. The van der Waals surface area contributed by atoms with Crippen molar-refractivity contribution in [2.45, 2.75) is 13.8 Å². The Kier molecular flexibility index (Phi) is 5.96. The summed E-state index contributed by atoms with van der Waals surface area (Å²) in [7, 11) is 0. The third kappa shape index (κ3) is 4.08. The van der Waals surface area contributed by atoms with Gasteiger partial charge in [0.05, 0.1) is 36.2 Å². The molecule has 0 saturated carbocycles. The van der Waals surface area contributed by atoms with Gasteiger partial charge in [-0.05, 0) is 38.1 Å². The number of aryl methyl sites for hydroxylation is 1. The number of hydrogen-bond donors (Lipinski definition) is 1. The average molecular weight is 376 g/mol. The first-order valence-electron chi connectivity index (χ1n) is 8.63. The molecule has 2 aromatic rings. The third-order valence-electron chi connectivity index (χ3n) is 4.09. The van der Waals surface area contributed by atoms with E-state index in [1.165, 1.54) is 0 Å². The molecule has 1 N–H and O–H groups in total. The molecule has 0 atom stereocenters. The second-order valence-corrected chi connectivity index (χ2v) is 6.34. The minimum Gasteiger partial charge on any atom is -0.477 e. The molecule has 26 heavy (non-hydrogen) atoms. The van der Waals surface area contributed by atoms with Crippen LogP contribution in [0.15, 0.2) is 30.3 Å². The fraction of sp³-hybridized carbons (Fsp3) is 0.368. The maximum atomic E-state index is 12.8. The highest BCUT2D eigenvalue weighted by Gasteiger charge is 2.21. The van der Waals surface area contributed by atoms with E-state index in [2.05, 4.69) is 15.2 Å². The SMILES string of the molecule is CCOc1nc(C)ccc1C(=O)Nc1cccc(Cl)c1N1CCOCC1. The molecule has 0 spiro atoms. The van der Waals surface area contributed by atoms with Gasteiger partial charge >= 0.3 is 0 Å². The van der Waals surface area contributed by atoms with E-state index in [4.69, 9.17) is 21.1 Å². The Hall–Kier alpha value is -2.31. The first-order valence-corrected chi connectivity index (χ1v) is 9.01. The number of pyridine rings is 1. The van der Waals surface area contributed by atoms with Gasteiger partial charge in [-0.1, -0.05) is 17.7 Å². The van der Waals surface area contributed by atoms with Crippen LogP contribution in [0.1, 0.15) is 23.0 Å². The number of nitrogens with one attached hydrogen (secondary N) is 1. The number of nitrogens with zero attached hydrogens (tertiary/aromatic N) is 2. The van der Waals surface area contributed by atoms with Gasteiger partial charge in [0, 0.05) is 18.8 Å². The number of hydrogen-bond acceptors (Lipinski definition) is 5.